The van der Waals surface area contributed by atoms with E-state index in [2.05, 4.69) is 6.92 Å². The summed E-state index contributed by atoms with van der Waals surface area (Å²) in [4.78, 5) is 10.6. The lowest BCUT2D eigenvalue weighted by Crippen LogP contribution is -2.70. The van der Waals surface area contributed by atoms with Gasteiger partial charge in [-0.25, -0.2) is 0 Å². The van der Waals surface area contributed by atoms with Crippen molar-refractivity contribution < 1.29 is 9.90 Å². The number of carboxylic acids is 1. The minimum Gasteiger partial charge on any atom is -0.480 e. The molecule has 3 saturated carbocycles. The monoisotopic (exact) mass is 169 g/mol. The zero-order chi connectivity index (χ0) is 8.98. The fourth-order valence-corrected chi connectivity index (χ4v) is 3.05. The van der Waals surface area contributed by atoms with Crippen LogP contribution in [0.1, 0.15) is 32.6 Å². The van der Waals surface area contributed by atoms with Crippen molar-refractivity contribution in [3.63, 3.8) is 0 Å². The average Bonchev–Trinajstić information content (AvgIpc) is 1.82. The maximum absolute atomic E-state index is 10.6. The van der Waals surface area contributed by atoms with Gasteiger partial charge in [0.05, 0.1) is 0 Å². The molecular weight excluding hydrogens is 154 g/mol. The fourth-order valence-electron chi connectivity index (χ4n) is 3.05. The summed E-state index contributed by atoms with van der Waals surface area (Å²) in [6, 6.07) is -0.620. The first-order valence-electron chi connectivity index (χ1n) is 4.52. The standard InChI is InChI=1S/C9H15NO2/c1-2-8-3-9(4-8,5-8)6(10)7(11)12/h6H,2-5,10H2,1H3,(H,11,12). The van der Waals surface area contributed by atoms with Gasteiger partial charge in [0.2, 0.25) is 0 Å². The van der Waals surface area contributed by atoms with Crippen LogP contribution in [0.15, 0.2) is 0 Å². The predicted octanol–water partition coefficient (Wildman–Crippen LogP) is 0.979. The number of hydrogen-bond acceptors (Lipinski definition) is 2. The van der Waals surface area contributed by atoms with E-state index in [-0.39, 0.29) is 5.41 Å². The molecule has 0 aliphatic heterocycles. The van der Waals surface area contributed by atoms with Gasteiger partial charge in [-0.3, -0.25) is 4.79 Å². The van der Waals surface area contributed by atoms with E-state index in [0.717, 1.165) is 19.3 Å². The molecule has 0 aromatic carbocycles. The number of carbonyl (C=O) groups is 1. The van der Waals surface area contributed by atoms with Gasteiger partial charge >= 0.3 is 5.97 Å². The number of hydrogen-bond donors (Lipinski definition) is 2. The first-order chi connectivity index (χ1) is 5.54. The van der Waals surface area contributed by atoms with Crippen molar-refractivity contribution >= 4 is 5.97 Å². The summed E-state index contributed by atoms with van der Waals surface area (Å²) >= 11 is 0. The van der Waals surface area contributed by atoms with Crippen molar-refractivity contribution in [1.82, 2.24) is 0 Å². The van der Waals surface area contributed by atoms with E-state index >= 15 is 0 Å². The second-order valence-electron chi connectivity index (χ2n) is 4.56. The van der Waals surface area contributed by atoms with Crippen LogP contribution in [0, 0.1) is 10.8 Å². The lowest BCUT2D eigenvalue weighted by Gasteiger charge is -2.72. The van der Waals surface area contributed by atoms with Crippen LogP contribution in [-0.4, -0.2) is 17.1 Å². The molecule has 0 aromatic rings. The smallest absolute Gasteiger partial charge is 0.321 e. The van der Waals surface area contributed by atoms with Crippen LogP contribution in [-0.2, 0) is 4.79 Å². The molecule has 3 aliphatic rings. The summed E-state index contributed by atoms with van der Waals surface area (Å²) in [6.45, 7) is 2.18. The van der Waals surface area contributed by atoms with Gasteiger partial charge in [0.15, 0.2) is 0 Å². The Labute approximate surface area is 71.9 Å². The summed E-state index contributed by atoms with van der Waals surface area (Å²) in [5.41, 5.74) is 6.09. The van der Waals surface area contributed by atoms with Gasteiger partial charge in [0, 0.05) is 0 Å². The van der Waals surface area contributed by atoms with Crippen LogP contribution in [0.5, 0.6) is 0 Å². The molecule has 0 heterocycles. The van der Waals surface area contributed by atoms with E-state index in [1.54, 1.807) is 0 Å². The van der Waals surface area contributed by atoms with E-state index < -0.39 is 12.0 Å². The first kappa shape index (κ1) is 8.05. The Bertz CT molecular complexity index is 217. The summed E-state index contributed by atoms with van der Waals surface area (Å²) in [6.07, 6.45) is 4.32. The number of aliphatic carboxylic acids is 1. The largest absolute Gasteiger partial charge is 0.480 e. The van der Waals surface area contributed by atoms with Crippen molar-refractivity contribution in [3.8, 4) is 0 Å². The fraction of sp³-hybridized carbons (Fsp3) is 0.889. The van der Waals surface area contributed by atoms with Crippen LogP contribution in [0.25, 0.3) is 0 Å². The quantitative estimate of drug-likeness (QED) is 0.662. The van der Waals surface area contributed by atoms with Crippen molar-refractivity contribution in [2.45, 2.75) is 38.6 Å². The maximum atomic E-state index is 10.6. The molecule has 2 bridgehead atoms. The third kappa shape index (κ3) is 0.724. The number of carboxylic acid groups (broad SMARTS) is 1. The first-order valence-corrected chi connectivity index (χ1v) is 4.52. The Morgan fingerprint density at radius 1 is 1.58 bits per heavy atom. The van der Waals surface area contributed by atoms with Gasteiger partial charge in [-0.15, -0.1) is 0 Å². The molecule has 3 aliphatic carbocycles. The van der Waals surface area contributed by atoms with Crippen molar-refractivity contribution in [1.29, 1.82) is 0 Å². The van der Waals surface area contributed by atoms with Gasteiger partial charge < -0.3 is 10.8 Å². The molecule has 12 heavy (non-hydrogen) atoms. The van der Waals surface area contributed by atoms with E-state index in [1.807, 2.05) is 0 Å². The molecule has 0 radical (unpaired) electrons. The Kier molecular flexibility index (Phi) is 1.35. The zero-order valence-electron chi connectivity index (χ0n) is 7.34. The molecule has 0 aromatic heterocycles. The van der Waals surface area contributed by atoms with Gasteiger partial charge in [-0.2, -0.15) is 0 Å². The molecule has 1 atom stereocenters. The van der Waals surface area contributed by atoms with Crippen LogP contribution < -0.4 is 5.73 Å². The Balaban J connectivity index is 1.99. The number of rotatable bonds is 3. The molecule has 3 rings (SSSR count). The number of nitrogens with two attached hydrogens (primary N) is 1. The van der Waals surface area contributed by atoms with E-state index in [0.29, 0.717) is 5.41 Å². The van der Waals surface area contributed by atoms with Gasteiger partial charge in [0.1, 0.15) is 6.04 Å². The highest BCUT2D eigenvalue weighted by molar-refractivity contribution is 5.75. The molecule has 3 nitrogen and oxygen atoms in total. The topological polar surface area (TPSA) is 63.3 Å². The second kappa shape index (κ2) is 2.02. The van der Waals surface area contributed by atoms with Crippen molar-refractivity contribution in [3.05, 3.63) is 0 Å². The normalized spacial score (nSPS) is 45.8. The highest BCUT2D eigenvalue weighted by atomic mass is 16.4. The predicted molar refractivity (Wildman–Crippen MR) is 44.6 cm³/mol. The minimum atomic E-state index is -0.834. The summed E-state index contributed by atoms with van der Waals surface area (Å²) in [5, 5.41) is 8.74. The SMILES string of the molecule is CCC12CC(C(N)C(=O)O)(C1)C2. The summed E-state index contributed by atoms with van der Waals surface area (Å²) in [7, 11) is 0. The van der Waals surface area contributed by atoms with E-state index in [1.165, 1.54) is 6.42 Å². The molecule has 3 fully saturated rings. The van der Waals surface area contributed by atoms with Crippen LogP contribution in [0.3, 0.4) is 0 Å². The molecule has 0 amide bonds. The minimum absolute atomic E-state index is 0.0121. The summed E-state index contributed by atoms with van der Waals surface area (Å²) < 4.78 is 0. The molecule has 0 saturated heterocycles. The van der Waals surface area contributed by atoms with Crippen molar-refractivity contribution in [2.75, 3.05) is 0 Å². The third-order valence-electron chi connectivity index (χ3n) is 3.86. The third-order valence-corrected chi connectivity index (χ3v) is 3.86. The van der Waals surface area contributed by atoms with Gasteiger partial charge in [0.25, 0.3) is 0 Å². The zero-order valence-corrected chi connectivity index (χ0v) is 7.34. The Hall–Kier alpha value is -0.570. The van der Waals surface area contributed by atoms with E-state index in [4.69, 9.17) is 10.8 Å². The molecule has 3 N–H and O–H groups in total. The van der Waals surface area contributed by atoms with Crippen LogP contribution >= 0.6 is 0 Å². The van der Waals surface area contributed by atoms with Crippen LogP contribution in [0.2, 0.25) is 0 Å². The van der Waals surface area contributed by atoms with Gasteiger partial charge in [-0.1, -0.05) is 13.3 Å². The molecule has 0 spiro atoms. The molecule has 3 heteroatoms. The van der Waals surface area contributed by atoms with Crippen LogP contribution in [0.4, 0.5) is 0 Å². The summed E-state index contributed by atoms with van der Waals surface area (Å²) in [5.74, 6) is -0.834. The highest BCUT2D eigenvalue weighted by Crippen LogP contribution is 2.75. The molecular formula is C9H15NO2. The highest BCUT2D eigenvalue weighted by Gasteiger charge is 2.69. The Morgan fingerprint density at radius 2 is 2.08 bits per heavy atom. The van der Waals surface area contributed by atoms with Crippen molar-refractivity contribution in [2.24, 2.45) is 16.6 Å². The second-order valence-corrected chi connectivity index (χ2v) is 4.56. The van der Waals surface area contributed by atoms with Gasteiger partial charge in [-0.05, 0) is 30.1 Å². The molecule has 68 valence electrons. The molecule has 1 unspecified atom stereocenters. The average molecular weight is 169 g/mol. The van der Waals surface area contributed by atoms with E-state index in [9.17, 15) is 4.79 Å². The lowest BCUT2D eigenvalue weighted by atomic mass is 9.32. The maximum Gasteiger partial charge on any atom is 0.321 e. The lowest BCUT2D eigenvalue weighted by molar-refractivity contribution is -0.221. The Morgan fingerprint density at radius 3 is 2.42 bits per heavy atom.